The van der Waals surface area contributed by atoms with Gasteiger partial charge in [0.2, 0.25) is 0 Å². The van der Waals surface area contributed by atoms with Crippen LogP contribution >= 0.6 is 15.9 Å². The molecule has 0 atom stereocenters. The maximum atomic E-state index is 12.6. The Balaban J connectivity index is 2.17. The van der Waals surface area contributed by atoms with E-state index >= 15 is 0 Å². The molecule has 122 valence electrons. The second-order valence-corrected chi connectivity index (χ2v) is 5.35. The second-order valence-electron chi connectivity index (χ2n) is 4.49. The fourth-order valence-electron chi connectivity index (χ4n) is 1.76. The maximum absolute atomic E-state index is 12.6. The molecule has 0 unspecified atom stereocenters. The maximum Gasteiger partial charge on any atom is 0.416 e. The molecule has 0 saturated heterocycles. The van der Waals surface area contributed by atoms with E-state index in [-0.39, 0.29) is 17.2 Å². The van der Waals surface area contributed by atoms with Gasteiger partial charge in [0.05, 0.1) is 24.6 Å². The van der Waals surface area contributed by atoms with Crippen LogP contribution in [0.15, 0.2) is 46.0 Å². The standard InChI is InChI=1S/C15H12BrF3N2O2/c1-23-14-5-9(12(16)7-13(14)22)8-20-21-11-4-2-3-10(6-11)15(17,18)19/h2-8,21-22H,1H3/b20-8+. The number of nitrogens with one attached hydrogen (secondary N) is 1. The zero-order chi connectivity index (χ0) is 17.0. The molecule has 0 fully saturated rings. The predicted molar refractivity (Wildman–Crippen MR) is 85.0 cm³/mol. The van der Waals surface area contributed by atoms with Crippen LogP contribution in [-0.2, 0) is 6.18 Å². The number of hydrogen-bond acceptors (Lipinski definition) is 4. The highest BCUT2D eigenvalue weighted by molar-refractivity contribution is 9.10. The second kappa shape index (κ2) is 6.91. The monoisotopic (exact) mass is 388 g/mol. The van der Waals surface area contributed by atoms with Crippen LogP contribution in [0.4, 0.5) is 18.9 Å². The van der Waals surface area contributed by atoms with Crippen LogP contribution in [0.1, 0.15) is 11.1 Å². The van der Waals surface area contributed by atoms with Crippen LogP contribution in [-0.4, -0.2) is 18.4 Å². The quantitative estimate of drug-likeness (QED) is 0.593. The third-order valence-corrected chi connectivity index (χ3v) is 3.57. The highest BCUT2D eigenvalue weighted by Gasteiger charge is 2.30. The van der Waals surface area contributed by atoms with Crippen LogP contribution in [0.5, 0.6) is 11.5 Å². The molecule has 2 N–H and O–H groups in total. The Hall–Kier alpha value is -2.22. The van der Waals surface area contributed by atoms with E-state index in [1.165, 1.54) is 37.6 Å². The van der Waals surface area contributed by atoms with Crippen LogP contribution in [0.25, 0.3) is 0 Å². The van der Waals surface area contributed by atoms with Gasteiger partial charge < -0.3 is 9.84 Å². The summed E-state index contributed by atoms with van der Waals surface area (Å²) in [7, 11) is 1.41. The molecule has 0 amide bonds. The lowest BCUT2D eigenvalue weighted by Gasteiger charge is -2.08. The molecule has 23 heavy (non-hydrogen) atoms. The van der Waals surface area contributed by atoms with Gasteiger partial charge in [-0.05, 0) is 46.3 Å². The summed E-state index contributed by atoms with van der Waals surface area (Å²) in [6.07, 6.45) is -3.01. The van der Waals surface area contributed by atoms with Crippen molar-refractivity contribution in [2.75, 3.05) is 12.5 Å². The molecule has 8 heteroatoms. The number of hydrazone groups is 1. The van der Waals surface area contributed by atoms with E-state index < -0.39 is 11.7 Å². The van der Waals surface area contributed by atoms with Crippen LogP contribution in [0.3, 0.4) is 0 Å². The van der Waals surface area contributed by atoms with Gasteiger partial charge in [0.15, 0.2) is 11.5 Å². The smallest absolute Gasteiger partial charge is 0.416 e. The molecule has 0 radical (unpaired) electrons. The molecule has 2 aromatic carbocycles. The normalized spacial score (nSPS) is 11.7. The Morgan fingerprint density at radius 2 is 2.00 bits per heavy atom. The molecule has 0 aromatic heterocycles. The number of phenolic OH excluding ortho intramolecular Hbond substituents is 1. The van der Waals surface area contributed by atoms with E-state index in [4.69, 9.17) is 4.74 Å². The minimum atomic E-state index is -4.41. The van der Waals surface area contributed by atoms with Gasteiger partial charge in [-0.3, -0.25) is 5.43 Å². The van der Waals surface area contributed by atoms with Gasteiger partial charge >= 0.3 is 6.18 Å². The summed E-state index contributed by atoms with van der Waals surface area (Å²) in [5.74, 6) is 0.219. The molecule has 0 saturated carbocycles. The summed E-state index contributed by atoms with van der Waals surface area (Å²) >= 11 is 3.25. The van der Waals surface area contributed by atoms with Gasteiger partial charge in [-0.25, -0.2) is 0 Å². The van der Waals surface area contributed by atoms with E-state index in [1.807, 2.05) is 0 Å². The van der Waals surface area contributed by atoms with Crippen LogP contribution in [0, 0.1) is 0 Å². The molecular formula is C15H12BrF3N2O2. The summed E-state index contributed by atoms with van der Waals surface area (Å²) in [5.41, 5.74) is 2.56. The molecule has 0 spiro atoms. The van der Waals surface area contributed by atoms with Crippen molar-refractivity contribution in [3.05, 3.63) is 52.0 Å². The molecule has 2 rings (SSSR count). The zero-order valence-corrected chi connectivity index (χ0v) is 13.4. The number of aromatic hydroxyl groups is 1. The number of benzene rings is 2. The van der Waals surface area contributed by atoms with E-state index in [1.54, 1.807) is 0 Å². The lowest BCUT2D eigenvalue weighted by Crippen LogP contribution is -2.05. The Morgan fingerprint density at radius 1 is 1.26 bits per heavy atom. The Kier molecular flexibility index (Phi) is 5.15. The summed E-state index contributed by atoms with van der Waals surface area (Å²) in [6, 6.07) is 7.68. The number of methoxy groups -OCH3 is 1. The molecule has 0 heterocycles. The van der Waals surface area contributed by atoms with Gasteiger partial charge in [-0.2, -0.15) is 18.3 Å². The molecule has 0 aliphatic heterocycles. The molecule has 0 bridgehead atoms. The van der Waals surface area contributed by atoms with E-state index in [0.717, 1.165) is 12.1 Å². The molecule has 0 aliphatic carbocycles. The molecule has 0 aliphatic rings. The first-order chi connectivity index (χ1) is 10.8. The van der Waals surface area contributed by atoms with Gasteiger partial charge in [0.1, 0.15) is 0 Å². The molecule has 2 aromatic rings. The third kappa shape index (κ3) is 4.38. The number of nitrogens with zero attached hydrogens (tertiary/aromatic N) is 1. The summed E-state index contributed by atoms with van der Waals surface area (Å²) in [6.45, 7) is 0. The first kappa shape index (κ1) is 17.1. The van der Waals surface area contributed by atoms with Crippen molar-refractivity contribution in [3.8, 4) is 11.5 Å². The Labute approximate surface area is 138 Å². The van der Waals surface area contributed by atoms with Crippen molar-refractivity contribution in [2.45, 2.75) is 6.18 Å². The fraction of sp³-hybridized carbons (Fsp3) is 0.133. The minimum Gasteiger partial charge on any atom is -0.504 e. The average Bonchev–Trinajstić information content (AvgIpc) is 2.49. The first-order valence-electron chi connectivity index (χ1n) is 6.34. The molecule has 4 nitrogen and oxygen atoms in total. The number of halogens is 4. The van der Waals surface area contributed by atoms with E-state index in [0.29, 0.717) is 10.0 Å². The van der Waals surface area contributed by atoms with E-state index in [9.17, 15) is 18.3 Å². The van der Waals surface area contributed by atoms with Crippen LogP contribution < -0.4 is 10.2 Å². The number of phenols is 1. The van der Waals surface area contributed by atoms with Crippen molar-refractivity contribution in [1.29, 1.82) is 0 Å². The lowest BCUT2D eigenvalue weighted by atomic mass is 10.2. The fourth-order valence-corrected chi connectivity index (χ4v) is 2.20. The number of rotatable bonds is 4. The highest BCUT2D eigenvalue weighted by atomic mass is 79.9. The number of alkyl halides is 3. The highest BCUT2D eigenvalue weighted by Crippen LogP contribution is 2.32. The minimum absolute atomic E-state index is 0.0395. The van der Waals surface area contributed by atoms with Crippen molar-refractivity contribution >= 4 is 27.8 Å². The van der Waals surface area contributed by atoms with Gasteiger partial charge in [-0.1, -0.05) is 6.07 Å². The topological polar surface area (TPSA) is 53.8 Å². The van der Waals surface area contributed by atoms with E-state index in [2.05, 4.69) is 26.5 Å². The molecular weight excluding hydrogens is 377 g/mol. The SMILES string of the molecule is COc1cc(/C=N/Nc2cccc(C(F)(F)F)c2)c(Br)cc1O. The van der Waals surface area contributed by atoms with Crippen molar-refractivity contribution in [3.63, 3.8) is 0 Å². The Bertz CT molecular complexity index is 733. The van der Waals surface area contributed by atoms with Gasteiger partial charge in [-0.15, -0.1) is 0 Å². The van der Waals surface area contributed by atoms with Gasteiger partial charge in [0, 0.05) is 10.0 Å². The number of anilines is 1. The zero-order valence-electron chi connectivity index (χ0n) is 11.9. The lowest BCUT2D eigenvalue weighted by molar-refractivity contribution is -0.137. The largest absolute Gasteiger partial charge is 0.504 e. The van der Waals surface area contributed by atoms with Gasteiger partial charge in [0.25, 0.3) is 0 Å². The third-order valence-electron chi connectivity index (χ3n) is 2.89. The van der Waals surface area contributed by atoms with Crippen molar-refractivity contribution in [2.24, 2.45) is 5.10 Å². The summed E-state index contributed by atoms with van der Waals surface area (Å²) in [5, 5.41) is 13.5. The summed E-state index contributed by atoms with van der Waals surface area (Å²) in [4.78, 5) is 0. The summed E-state index contributed by atoms with van der Waals surface area (Å²) < 4.78 is 43.4. The van der Waals surface area contributed by atoms with Crippen molar-refractivity contribution in [1.82, 2.24) is 0 Å². The Morgan fingerprint density at radius 3 is 2.65 bits per heavy atom. The number of hydrogen-bond donors (Lipinski definition) is 2. The predicted octanol–water partition coefficient (Wildman–Crippen LogP) is 4.63. The first-order valence-corrected chi connectivity index (χ1v) is 7.13. The average molecular weight is 389 g/mol. The van der Waals surface area contributed by atoms with Crippen molar-refractivity contribution < 1.29 is 23.0 Å². The van der Waals surface area contributed by atoms with Crippen LogP contribution in [0.2, 0.25) is 0 Å². The number of ether oxygens (including phenoxy) is 1.